The molecule has 1 aliphatic heterocycles. The molecule has 4 aromatic rings. The fourth-order valence-electron chi connectivity index (χ4n) is 4.99. The number of aliphatic hydroxyl groups is 1. The van der Waals surface area contributed by atoms with E-state index in [-0.39, 0.29) is 17.8 Å². The Balaban J connectivity index is 1.52. The lowest BCUT2D eigenvalue weighted by Gasteiger charge is -2.33. The van der Waals surface area contributed by atoms with Crippen molar-refractivity contribution in [3.63, 3.8) is 0 Å². The van der Waals surface area contributed by atoms with Gasteiger partial charge in [-0.2, -0.15) is 5.10 Å². The van der Waals surface area contributed by atoms with Gasteiger partial charge in [0.15, 0.2) is 0 Å². The van der Waals surface area contributed by atoms with Gasteiger partial charge < -0.3 is 14.9 Å². The molecule has 2 aromatic carbocycles. The molecule has 0 spiro atoms. The van der Waals surface area contributed by atoms with Gasteiger partial charge in [-0.15, -0.1) is 0 Å². The maximum absolute atomic E-state index is 13.8. The van der Waals surface area contributed by atoms with E-state index in [0.717, 1.165) is 33.5 Å². The third-order valence-corrected chi connectivity index (χ3v) is 7.29. The molecule has 1 fully saturated rings. The Labute approximate surface area is 226 Å². The van der Waals surface area contributed by atoms with Crippen LogP contribution in [0.2, 0.25) is 5.02 Å². The number of aliphatic hydroxyl groups excluding tert-OH is 1. The van der Waals surface area contributed by atoms with Crippen molar-refractivity contribution in [3.8, 4) is 0 Å². The normalized spacial score (nSPS) is 14.3. The van der Waals surface area contributed by atoms with E-state index >= 15 is 0 Å². The molecule has 1 saturated heterocycles. The summed E-state index contributed by atoms with van der Waals surface area (Å²) in [4.78, 5) is 22.8. The van der Waals surface area contributed by atoms with E-state index < -0.39 is 0 Å². The van der Waals surface area contributed by atoms with Crippen LogP contribution in [0.3, 0.4) is 0 Å². The largest absolute Gasteiger partial charge is 0.393 e. The van der Waals surface area contributed by atoms with Crippen molar-refractivity contribution in [1.29, 1.82) is 0 Å². The molecule has 1 N–H and O–H groups in total. The van der Waals surface area contributed by atoms with Crippen LogP contribution in [-0.2, 0) is 20.0 Å². The number of aromatic nitrogens is 3. The zero-order chi connectivity index (χ0) is 26.8. The van der Waals surface area contributed by atoms with Gasteiger partial charge in [0.2, 0.25) is 0 Å². The van der Waals surface area contributed by atoms with Gasteiger partial charge in [0.25, 0.3) is 5.91 Å². The van der Waals surface area contributed by atoms with E-state index in [4.69, 9.17) is 16.6 Å². The van der Waals surface area contributed by atoms with Gasteiger partial charge in [-0.3, -0.25) is 9.48 Å². The van der Waals surface area contributed by atoms with Crippen molar-refractivity contribution in [2.24, 2.45) is 7.05 Å². The highest BCUT2D eigenvalue weighted by Crippen LogP contribution is 2.29. The van der Waals surface area contributed by atoms with E-state index in [1.165, 1.54) is 12.1 Å². The highest BCUT2D eigenvalue weighted by molar-refractivity contribution is 6.31. The van der Waals surface area contributed by atoms with Gasteiger partial charge >= 0.3 is 0 Å². The van der Waals surface area contributed by atoms with Crippen LogP contribution in [0, 0.1) is 12.7 Å². The molecule has 5 rings (SSSR count). The van der Waals surface area contributed by atoms with Gasteiger partial charge in [-0.1, -0.05) is 29.8 Å². The summed E-state index contributed by atoms with van der Waals surface area (Å²) in [5.74, 6) is 0.379. The van der Waals surface area contributed by atoms with Crippen molar-refractivity contribution in [1.82, 2.24) is 19.7 Å². The van der Waals surface area contributed by atoms with Crippen molar-refractivity contribution in [3.05, 3.63) is 88.0 Å². The highest BCUT2D eigenvalue weighted by Gasteiger charge is 2.25. The van der Waals surface area contributed by atoms with Gasteiger partial charge in [-0.25, -0.2) is 9.37 Å². The summed E-state index contributed by atoms with van der Waals surface area (Å²) < 4.78 is 15.1. The number of benzene rings is 2. The number of fused-ring (bicyclic) bond motifs is 1. The first kappa shape index (κ1) is 26.1. The van der Waals surface area contributed by atoms with Crippen LogP contribution in [-0.4, -0.2) is 56.4 Å². The second-order valence-electron chi connectivity index (χ2n) is 9.92. The smallest absolute Gasteiger partial charge is 0.272 e. The molecule has 0 aliphatic carbocycles. The van der Waals surface area contributed by atoms with Gasteiger partial charge in [-0.05, 0) is 68.1 Å². The molecule has 9 heteroatoms. The first-order chi connectivity index (χ1) is 18.3. The Hall–Kier alpha value is -3.49. The molecule has 1 amide bonds. The predicted molar refractivity (Wildman–Crippen MR) is 147 cm³/mol. The number of halogens is 2. The summed E-state index contributed by atoms with van der Waals surface area (Å²) >= 11 is 6.26. The number of anilines is 1. The van der Waals surface area contributed by atoms with Crippen LogP contribution in [0.25, 0.3) is 10.9 Å². The van der Waals surface area contributed by atoms with Crippen molar-refractivity contribution >= 4 is 34.2 Å². The lowest BCUT2D eigenvalue weighted by Crippen LogP contribution is -2.38. The first-order valence-electron chi connectivity index (χ1n) is 12.8. The Bertz CT molecular complexity index is 1450. The molecule has 0 unspecified atom stereocenters. The molecule has 1 aliphatic rings. The van der Waals surface area contributed by atoms with E-state index in [0.29, 0.717) is 56.2 Å². The second kappa shape index (κ2) is 11.1. The van der Waals surface area contributed by atoms with Crippen LogP contribution in [0.5, 0.6) is 0 Å². The zero-order valence-corrected chi connectivity index (χ0v) is 22.3. The summed E-state index contributed by atoms with van der Waals surface area (Å²) in [7, 11) is 1.77. The molecule has 2 aromatic heterocycles. The molecular weight excluding hydrogens is 505 g/mol. The number of amides is 1. The number of carbonyl (C=O) groups is 1. The Morgan fingerprint density at radius 2 is 1.87 bits per heavy atom. The number of nitrogens with zero attached hydrogens (tertiary/aromatic N) is 5. The lowest BCUT2D eigenvalue weighted by molar-refractivity contribution is 0.0734. The molecule has 0 bridgehead atoms. The molecule has 38 heavy (non-hydrogen) atoms. The Morgan fingerprint density at radius 1 is 1.13 bits per heavy atom. The summed E-state index contributed by atoms with van der Waals surface area (Å²) in [5.41, 5.74) is 3.93. The number of hydrogen-bond acceptors (Lipinski definition) is 5. The van der Waals surface area contributed by atoms with E-state index in [2.05, 4.69) is 16.1 Å². The monoisotopic (exact) mass is 535 g/mol. The van der Waals surface area contributed by atoms with Crippen molar-refractivity contribution < 1.29 is 14.3 Å². The summed E-state index contributed by atoms with van der Waals surface area (Å²) in [6, 6.07) is 15.9. The SMILES string of the molecule is Cc1cc(C(=O)N(CCc2ccc(F)cc2)Cc2cc3ccc(Cl)cc3nc2N2CCC(O)CC2)n(C)n1. The van der Waals surface area contributed by atoms with Gasteiger partial charge in [0.05, 0.1) is 17.3 Å². The van der Waals surface area contributed by atoms with Crippen LogP contribution >= 0.6 is 11.6 Å². The molecule has 0 saturated carbocycles. The summed E-state index contributed by atoms with van der Waals surface area (Å²) in [5, 5.41) is 16.0. The minimum absolute atomic E-state index is 0.133. The maximum Gasteiger partial charge on any atom is 0.272 e. The third-order valence-electron chi connectivity index (χ3n) is 7.05. The molecule has 0 atom stereocenters. The average molecular weight is 536 g/mol. The summed E-state index contributed by atoms with van der Waals surface area (Å²) in [6.45, 7) is 3.99. The predicted octanol–water partition coefficient (Wildman–Crippen LogP) is 4.92. The molecule has 198 valence electrons. The number of carbonyl (C=O) groups excluding carboxylic acids is 1. The number of aryl methyl sites for hydroxylation is 2. The fourth-order valence-corrected chi connectivity index (χ4v) is 5.15. The fraction of sp³-hybridized carbons (Fsp3) is 0.345. The number of pyridine rings is 1. The minimum atomic E-state index is -0.313. The van der Waals surface area contributed by atoms with Gasteiger partial charge in [0, 0.05) is 49.2 Å². The molecule has 3 heterocycles. The third kappa shape index (κ3) is 5.81. The second-order valence-corrected chi connectivity index (χ2v) is 10.4. The first-order valence-corrected chi connectivity index (χ1v) is 13.2. The standard InChI is InChI=1S/C29H31ClFN5O2/c1-19-15-27(34(2)33-19)29(38)36(12-9-20-3-7-24(31)8-4-20)18-22-16-21-5-6-23(30)17-26(21)32-28(22)35-13-10-25(37)11-14-35/h3-8,15-17,25,37H,9-14,18H2,1-2H3. The number of rotatable bonds is 7. The maximum atomic E-state index is 13.8. The van der Waals surface area contributed by atoms with Gasteiger partial charge in [0.1, 0.15) is 17.3 Å². The quantitative estimate of drug-likeness (QED) is 0.364. The van der Waals surface area contributed by atoms with Crippen LogP contribution in [0.15, 0.2) is 54.6 Å². The molecule has 7 nitrogen and oxygen atoms in total. The summed E-state index contributed by atoms with van der Waals surface area (Å²) in [6.07, 6.45) is 1.59. The van der Waals surface area contributed by atoms with E-state index in [1.807, 2.05) is 25.1 Å². The highest BCUT2D eigenvalue weighted by atomic mass is 35.5. The van der Waals surface area contributed by atoms with E-state index in [1.54, 1.807) is 34.8 Å². The Morgan fingerprint density at radius 3 is 2.55 bits per heavy atom. The van der Waals surface area contributed by atoms with Crippen LogP contribution in [0.4, 0.5) is 10.2 Å². The minimum Gasteiger partial charge on any atom is -0.393 e. The zero-order valence-electron chi connectivity index (χ0n) is 21.6. The lowest BCUT2D eigenvalue weighted by atomic mass is 10.1. The van der Waals surface area contributed by atoms with Crippen molar-refractivity contribution in [2.75, 3.05) is 24.5 Å². The topological polar surface area (TPSA) is 74.5 Å². The van der Waals surface area contributed by atoms with Crippen LogP contribution in [0.1, 0.15) is 40.2 Å². The van der Waals surface area contributed by atoms with Crippen LogP contribution < -0.4 is 4.90 Å². The molecule has 0 radical (unpaired) electrons. The Kier molecular flexibility index (Phi) is 7.63. The van der Waals surface area contributed by atoms with Crippen molar-refractivity contribution in [2.45, 2.75) is 38.8 Å². The number of piperidine rings is 1. The number of hydrogen-bond donors (Lipinski definition) is 1. The average Bonchev–Trinajstić information content (AvgIpc) is 3.24. The van der Waals surface area contributed by atoms with E-state index in [9.17, 15) is 14.3 Å². The molecular formula is C29H31ClFN5O2.